The number of nitrogens with zero attached hydrogens (tertiary/aromatic N) is 3. The highest BCUT2D eigenvalue weighted by Gasteiger charge is 2.33. The molecular formula is C27H37N3O5. The van der Waals surface area contributed by atoms with Crippen LogP contribution in [0.4, 0.5) is 4.79 Å². The molecule has 2 fully saturated rings. The molecule has 5 rings (SSSR count). The van der Waals surface area contributed by atoms with Crippen LogP contribution in [0.25, 0.3) is 11.0 Å². The van der Waals surface area contributed by atoms with Gasteiger partial charge >= 0.3 is 12.1 Å². The largest absolute Gasteiger partial charge is 0.481 e. The lowest BCUT2D eigenvalue weighted by molar-refractivity contribution is -0.143. The third-order valence-electron chi connectivity index (χ3n) is 8.54. The van der Waals surface area contributed by atoms with Crippen LogP contribution in [0, 0.1) is 11.8 Å². The van der Waals surface area contributed by atoms with Crippen LogP contribution in [0.1, 0.15) is 74.2 Å². The summed E-state index contributed by atoms with van der Waals surface area (Å²) < 4.78 is 13.0. The van der Waals surface area contributed by atoms with Gasteiger partial charge in [-0.05, 0) is 68.9 Å². The van der Waals surface area contributed by atoms with E-state index in [1.54, 1.807) is 12.0 Å². The van der Waals surface area contributed by atoms with Crippen molar-refractivity contribution in [1.82, 2.24) is 14.5 Å². The Balaban J connectivity index is 1.53. The van der Waals surface area contributed by atoms with Crippen molar-refractivity contribution in [1.29, 1.82) is 0 Å². The second-order valence-electron chi connectivity index (χ2n) is 10.6. The number of aliphatic carboxylic acids is 1. The molecule has 190 valence electrons. The highest BCUT2D eigenvalue weighted by Crippen LogP contribution is 2.40. The summed E-state index contributed by atoms with van der Waals surface area (Å²) in [6, 6.07) is 4.38. The van der Waals surface area contributed by atoms with E-state index in [4.69, 9.17) is 14.5 Å². The van der Waals surface area contributed by atoms with Gasteiger partial charge in [-0.25, -0.2) is 9.78 Å². The van der Waals surface area contributed by atoms with Crippen molar-refractivity contribution in [2.24, 2.45) is 11.8 Å². The molecule has 8 heteroatoms. The first-order chi connectivity index (χ1) is 17.0. The summed E-state index contributed by atoms with van der Waals surface area (Å²) >= 11 is 0. The first kappa shape index (κ1) is 24.1. The maximum absolute atomic E-state index is 12.3. The molecule has 1 amide bonds. The molecule has 0 unspecified atom stereocenters. The van der Waals surface area contributed by atoms with E-state index in [-0.39, 0.29) is 17.9 Å². The van der Waals surface area contributed by atoms with Gasteiger partial charge in [0.05, 0.1) is 36.7 Å². The molecule has 1 aromatic carbocycles. The minimum absolute atomic E-state index is 0.142. The Bertz CT molecular complexity index is 1090. The van der Waals surface area contributed by atoms with Crippen molar-refractivity contribution in [2.75, 3.05) is 20.8 Å². The third-order valence-corrected chi connectivity index (χ3v) is 8.54. The number of rotatable bonds is 5. The Kier molecular flexibility index (Phi) is 7.00. The first-order valence-corrected chi connectivity index (χ1v) is 13.1. The minimum Gasteiger partial charge on any atom is -0.481 e. The Morgan fingerprint density at radius 2 is 1.91 bits per heavy atom. The number of methoxy groups -OCH3 is 2. The van der Waals surface area contributed by atoms with Gasteiger partial charge in [-0.15, -0.1) is 0 Å². The second-order valence-corrected chi connectivity index (χ2v) is 10.6. The number of benzene rings is 1. The Hall–Kier alpha value is -2.61. The zero-order valence-electron chi connectivity index (χ0n) is 20.9. The number of carboxylic acids is 1. The number of fused-ring (bicyclic) bond motifs is 3. The highest BCUT2D eigenvalue weighted by molar-refractivity contribution is 5.82. The van der Waals surface area contributed by atoms with Gasteiger partial charge < -0.3 is 24.0 Å². The van der Waals surface area contributed by atoms with Crippen molar-refractivity contribution in [3.63, 3.8) is 0 Å². The molecule has 0 spiro atoms. The molecule has 35 heavy (non-hydrogen) atoms. The van der Waals surface area contributed by atoms with Gasteiger partial charge in [0.1, 0.15) is 5.82 Å². The van der Waals surface area contributed by atoms with Crippen molar-refractivity contribution < 1.29 is 24.2 Å². The number of imidazole rings is 1. The number of hydrogen-bond donors (Lipinski definition) is 1. The minimum atomic E-state index is -0.693. The maximum atomic E-state index is 12.3. The van der Waals surface area contributed by atoms with E-state index < -0.39 is 5.97 Å². The first-order valence-electron chi connectivity index (χ1n) is 13.1. The number of carbonyl (C=O) groups is 2. The van der Waals surface area contributed by atoms with E-state index in [1.165, 1.54) is 12.7 Å². The molecule has 3 aliphatic rings. The SMILES string of the molecule is COC(=O)N1CCc2ccc3c(nc([C@@H]4CCC[C@@H](C(=O)O)C4)n3C[C@H]3CC[C@@H](OC)CC3)c2C1. The smallest absolute Gasteiger partial charge is 0.409 e. The predicted molar refractivity (Wildman–Crippen MR) is 131 cm³/mol. The van der Waals surface area contributed by atoms with E-state index in [1.807, 2.05) is 0 Å². The molecule has 0 saturated heterocycles. The Morgan fingerprint density at radius 3 is 2.63 bits per heavy atom. The summed E-state index contributed by atoms with van der Waals surface area (Å²) in [7, 11) is 3.22. The fourth-order valence-corrected chi connectivity index (χ4v) is 6.49. The summed E-state index contributed by atoms with van der Waals surface area (Å²) in [5, 5.41) is 9.70. The summed E-state index contributed by atoms with van der Waals surface area (Å²) in [5.74, 6) is 0.732. The van der Waals surface area contributed by atoms with Gasteiger partial charge in [-0.2, -0.15) is 0 Å². The number of hydrogen-bond acceptors (Lipinski definition) is 5. The Morgan fingerprint density at radius 1 is 1.11 bits per heavy atom. The standard InChI is InChI=1S/C27H37N3O5/c1-34-21-9-6-17(7-10-21)15-30-23-11-8-18-12-13-29(27(33)35-2)16-22(18)24(23)28-25(30)19-4-3-5-20(14-19)26(31)32/h8,11,17,19-21H,3-7,9-10,12-16H2,1-2H3,(H,31,32)/t17-,19-,20-,21+/m1/s1. The van der Waals surface area contributed by atoms with E-state index in [2.05, 4.69) is 16.7 Å². The zero-order valence-corrected chi connectivity index (χ0v) is 20.9. The molecule has 8 nitrogen and oxygen atoms in total. The molecule has 1 aliphatic heterocycles. The van der Waals surface area contributed by atoms with Crippen LogP contribution >= 0.6 is 0 Å². The number of aromatic nitrogens is 2. The summed E-state index contributed by atoms with van der Waals surface area (Å²) in [6.07, 6.45) is 8.53. The monoisotopic (exact) mass is 483 g/mol. The molecule has 1 aromatic heterocycles. The number of amides is 1. The van der Waals surface area contributed by atoms with Crippen molar-refractivity contribution >= 4 is 23.1 Å². The summed E-state index contributed by atoms with van der Waals surface area (Å²) in [4.78, 5) is 31.0. The molecule has 0 radical (unpaired) electrons. The second kappa shape index (κ2) is 10.2. The van der Waals surface area contributed by atoms with E-state index in [0.29, 0.717) is 31.5 Å². The van der Waals surface area contributed by atoms with E-state index in [9.17, 15) is 14.7 Å². The van der Waals surface area contributed by atoms with Crippen molar-refractivity contribution in [3.8, 4) is 0 Å². The molecule has 2 atom stereocenters. The van der Waals surface area contributed by atoms with Crippen LogP contribution < -0.4 is 0 Å². The van der Waals surface area contributed by atoms with Crippen molar-refractivity contribution in [3.05, 3.63) is 29.1 Å². The molecule has 2 aromatic rings. The van der Waals surface area contributed by atoms with Gasteiger partial charge in [-0.3, -0.25) is 4.79 Å². The summed E-state index contributed by atoms with van der Waals surface area (Å²) in [6.45, 7) is 2.04. The number of carbonyl (C=O) groups excluding carboxylic acids is 1. The molecule has 2 heterocycles. The number of ether oxygens (including phenoxy) is 2. The van der Waals surface area contributed by atoms with Crippen molar-refractivity contribution in [2.45, 2.75) is 82.9 Å². The van der Waals surface area contributed by atoms with Gasteiger partial charge in [0.15, 0.2) is 0 Å². The van der Waals surface area contributed by atoms with Gasteiger partial charge in [0.25, 0.3) is 0 Å². The topological polar surface area (TPSA) is 93.9 Å². The zero-order chi connectivity index (χ0) is 24.5. The molecule has 0 bridgehead atoms. The molecule has 1 N–H and O–H groups in total. The normalized spacial score (nSPS) is 27.0. The third kappa shape index (κ3) is 4.77. The average molecular weight is 484 g/mol. The van der Waals surface area contributed by atoms with Crippen LogP contribution in [0.5, 0.6) is 0 Å². The fraction of sp³-hybridized carbons (Fsp3) is 0.667. The van der Waals surface area contributed by atoms with Crippen LogP contribution in [-0.4, -0.2) is 58.5 Å². The lowest BCUT2D eigenvalue weighted by Gasteiger charge is -2.30. The van der Waals surface area contributed by atoms with Crippen LogP contribution in [0.3, 0.4) is 0 Å². The lowest BCUT2D eigenvalue weighted by atomic mass is 9.81. The quantitative estimate of drug-likeness (QED) is 0.661. The lowest BCUT2D eigenvalue weighted by Crippen LogP contribution is -2.35. The van der Waals surface area contributed by atoms with E-state index >= 15 is 0 Å². The van der Waals surface area contributed by atoms with E-state index in [0.717, 1.165) is 80.3 Å². The molecular weight excluding hydrogens is 446 g/mol. The highest BCUT2D eigenvalue weighted by atomic mass is 16.5. The van der Waals surface area contributed by atoms with Gasteiger partial charge in [-0.1, -0.05) is 12.5 Å². The molecule has 2 aliphatic carbocycles. The number of carboxylic acid groups (broad SMARTS) is 1. The van der Waals surface area contributed by atoms with Gasteiger partial charge in [0, 0.05) is 31.7 Å². The van der Waals surface area contributed by atoms with Gasteiger partial charge in [0.2, 0.25) is 0 Å². The summed E-state index contributed by atoms with van der Waals surface area (Å²) in [5.41, 5.74) is 4.42. The molecule has 2 saturated carbocycles. The Labute approximate surface area is 206 Å². The fourth-order valence-electron chi connectivity index (χ4n) is 6.49. The van der Waals surface area contributed by atoms with Crippen LogP contribution in [-0.2, 0) is 33.8 Å². The average Bonchev–Trinajstić information content (AvgIpc) is 3.27. The van der Waals surface area contributed by atoms with Crippen LogP contribution in [0.15, 0.2) is 12.1 Å². The van der Waals surface area contributed by atoms with Crippen LogP contribution in [0.2, 0.25) is 0 Å². The predicted octanol–water partition coefficient (Wildman–Crippen LogP) is 4.72. The maximum Gasteiger partial charge on any atom is 0.409 e.